The fourth-order valence-electron chi connectivity index (χ4n) is 5.73. The van der Waals surface area contributed by atoms with E-state index >= 15 is 0 Å². The molecule has 3 aromatic rings. The van der Waals surface area contributed by atoms with Crippen LogP contribution in [0.5, 0.6) is 0 Å². The van der Waals surface area contributed by atoms with Gasteiger partial charge in [-0.1, -0.05) is 6.07 Å². The van der Waals surface area contributed by atoms with E-state index in [4.69, 9.17) is 4.74 Å². The summed E-state index contributed by atoms with van der Waals surface area (Å²) in [6.45, 7) is 13.9. The van der Waals surface area contributed by atoms with E-state index in [9.17, 15) is 4.39 Å². The molecular formula is C28H37FN4O. The van der Waals surface area contributed by atoms with Gasteiger partial charge in [0.2, 0.25) is 0 Å². The highest BCUT2D eigenvalue weighted by atomic mass is 19.1. The molecule has 1 N–H and O–H groups in total. The highest BCUT2D eigenvalue weighted by Gasteiger charge is 2.25. The minimum atomic E-state index is -0.165. The number of nitrogens with zero attached hydrogens (tertiary/aromatic N) is 3. The number of hydrogen-bond acceptors (Lipinski definition) is 4. The van der Waals surface area contributed by atoms with E-state index < -0.39 is 0 Å². The number of anilines is 2. The maximum Gasteiger partial charge on any atom is 0.123 e. The normalized spacial score (nSPS) is 22.0. The van der Waals surface area contributed by atoms with E-state index in [-0.39, 0.29) is 18.0 Å². The molecule has 2 aromatic carbocycles. The Kier molecular flexibility index (Phi) is 6.79. The van der Waals surface area contributed by atoms with Crippen molar-refractivity contribution in [3.05, 3.63) is 59.5 Å². The maximum absolute atomic E-state index is 13.6. The lowest BCUT2D eigenvalue weighted by atomic mass is 10.1. The zero-order chi connectivity index (χ0) is 23.7. The molecule has 2 atom stereocenters. The molecule has 5 nitrogen and oxygen atoms in total. The first-order chi connectivity index (χ1) is 16.5. The number of piperazine rings is 1. The van der Waals surface area contributed by atoms with Gasteiger partial charge in [0.05, 0.1) is 12.2 Å². The summed E-state index contributed by atoms with van der Waals surface area (Å²) >= 11 is 0. The lowest BCUT2D eigenvalue weighted by Crippen LogP contribution is -2.47. The molecule has 2 fully saturated rings. The van der Waals surface area contributed by atoms with Crippen LogP contribution < -0.4 is 9.80 Å². The third-order valence-corrected chi connectivity index (χ3v) is 7.40. The summed E-state index contributed by atoms with van der Waals surface area (Å²) in [5.74, 6) is -0.165. The van der Waals surface area contributed by atoms with E-state index in [1.54, 1.807) is 6.07 Å². The van der Waals surface area contributed by atoms with Crippen molar-refractivity contribution in [1.29, 1.82) is 0 Å². The summed E-state index contributed by atoms with van der Waals surface area (Å²) in [6, 6.07) is 11.7. The maximum atomic E-state index is 13.6. The topological polar surface area (TPSA) is 34.7 Å². The molecule has 5 rings (SSSR count). The number of halogens is 1. The lowest BCUT2D eigenvalue weighted by Gasteiger charge is -2.40. The molecule has 0 spiro atoms. The third-order valence-electron chi connectivity index (χ3n) is 7.40. The van der Waals surface area contributed by atoms with Crippen molar-refractivity contribution in [1.82, 2.24) is 9.88 Å². The molecule has 2 saturated heterocycles. The second-order valence-corrected chi connectivity index (χ2v) is 10.0. The number of nitrogens with one attached hydrogen (secondary N) is 1. The van der Waals surface area contributed by atoms with Gasteiger partial charge < -0.3 is 19.5 Å². The van der Waals surface area contributed by atoms with Crippen LogP contribution in [-0.2, 0) is 11.2 Å². The number of benzene rings is 2. The van der Waals surface area contributed by atoms with Gasteiger partial charge >= 0.3 is 0 Å². The van der Waals surface area contributed by atoms with Gasteiger partial charge in [-0.3, -0.25) is 4.90 Å². The van der Waals surface area contributed by atoms with Crippen LogP contribution in [0.3, 0.4) is 0 Å². The van der Waals surface area contributed by atoms with Gasteiger partial charge in [0.1, 0.15) is 5.82 Å². The van der Waals surface area contributed by atoms with Crippen LogP contribution in [0.25, 0.3) is 10.9 Å². The Morgan fingerprint density at radius 3 is 2.41 bits per heavy atom. The number of aromatic amines is 1. The SMILES string of the molecule is Cc1c(N2CCN(CCCc3c[nH]c4ccc(F)cc34)CC2)cccc1N1CC(C)OC(C)C1. The van der Waals surface area contributed by atoms with Crippen molar-refractivity contribution in [2.75, 3.05) is 55.6 Å². The van der Waals surface area contributed by atoms with E-state index in [1.807, 2.05) is 12.3 Å². The molecular weight excluding hydrogens is 427 g/mol. The van der Waals surface area contributed by atoms with E-state index in [1.165, 1.54) is 28.6 Å². The van der Waals surface area contributed by atoms with Crippen LogP contribution in [0.1, 0.15) is 31.4 Å². The minimum absolute atomic E-state index is 0.165. The van der Waals surface area contributed by atoms with E-state index in [0.29, 0.717) is 0 Å². The van der Waals surface area contributed by atoms with Crippen LogP contribution >= 0.6 is 0 Å². The van der Waals surface area contributed by atoms with Gasteiger partial charge in [0.15, 0.2) is 0 Å². The minimum Gasteiger partial charge on any atom is -0.372 e. The van der Waals surface area contributed by atoms with Crippen LogP contribution in [-0.4, -0.2) is 67.9 Å². The van der Waals surface area contributed by atoms with Gasteiger partial charge in [-0.05, 0) is 81.6 Å². The molecule has 3 heterocycles. The quantitative estimate of drug-likeness (QED) is 0.558. The van der Waals surface area contributed by atoms with Gasteiger partial charge in [-0.2, -0.15) is 0 Å². The molecule has 0 bridgehead atoms. The highest BCUT2D eigenvalue weighted by Crippen LogP contribution is 2.32. The first-order valence-corrected chi connectivity index (χ1v) is 12.7. The Bertz CT molecular complexity index is 1110. The first-order valence-electron chi connectivity index (χ1n) is 12.7. The number of aromatic nitrogens is 1. The fourth-order valence-corrected chi connectivity index (χ4v) is 5.73. The summed E-state index contributed by atoms with van der Waals surface area (Å²) in [7, 11) is 0. The van der Waals surface area contributed by atoms with Crippen LogP contribution in [0.15, 0.2) is 42.6 Å². The molecule has 182 valence electrons. The number of ether oxygens (including phenoxy) is 1. The smallest absolute Gasteiger partial charge is 0.123 e. The van der Waals surface area contributed by atoms with Gasteiger partial charge in [0.25, 0.3) is 0 Å². The summed E-state index contributed by atoms with van der Waals surface area (Å²) in [6.07, 6.45) is 4.62. The zero-order valence-corrected chi connectivity index (χ0v) is 20.7. The Balaban J connectivity index is 1.16. The van der Waals surface area contributed by atoms with Crippen LogP contribution in [0.2, 0.25) is 0 Å². The Morgan fingerprint density at radius 1 is 0.971 bits per heavy atom. The molecule has 0 aliphatic carbocycles. The summed E-state index contributed by atoms with van der Waals surface area (Å²) < 4.78 is 19.6. The number of morpholine rings is 1. The summed E-state index contributed by atoms with van der Waals surface area (Å²) in [5.41, 5.74) is 6.32. The largest absolute Gasteiger partial charge is 0.372 e. The lowest BCUT2D eigenvalue weighted by molar-refractivity contribution is -0.00524. The number of H-pyrrole nitrogens is 1. The van der Waals surface area contributed by atoms with Crippen molar-refractivity contribution in [2.24, 2.45) is 0 Å². The van der Waals surface area contributed by atoms with E-state index in [0.717, 1.165) is 69.6 Å². The van der Waals surface area contributed by atoms with Crippen molar-refractivity contribution in [3.63, 3.8) is 0 Å². The average Bonchev–Trinajstić information content (AvgIpc) is 3.21. The van der Waals surface area contributed by atoms with Gasteiger partial charge in [0, 0.05) is 67.7 Å². The first kappa shape index (κ1) is 23.2. The van der Waals surface area contributed by atoms with Crippen molar-refractivity contribution in [3.8, 4) is 0 Å². The fraction of sp³-hybridized carbons (Fsp3) is 0.500. The van der Waals surface area contributed by atoms with Crippen molar-refractivity contribution < 1.29 is 9.13 Å². The summed E-state index contributed by atoms with van der Waals surface area (Å²) in [4.78, 5) is 10.9. The predicted molar refractivity (Wildman–Crippen MR) is 139 cm³/mol. The van der Waals surface area contributed by atoms with Crippen LogP contribution in [0, 0.1) is 12.7 Å². The summed E-state index contributed by atoms with van der Waals surface area (Å²) in [5, 5.41) is 1.02. The molecule has 6 heteroatoms. The Hall–Kier alpha value is -2.57. The highest BCUT2D eigenvalue weighted by molar-refractivity contribution is 5.83. The molecule has 0 saturated carbocycles. The third kappa shape index (κ3) is 4.93. The van der Waals surface area contributed by atoms with Crippen molar-refractivity contribution >= 4 is 22.3 Å². The number of hydrogen-bond donors (Lipinski definition) is 1. The molecule has 0 radical (unpaired) electrons. The number of rotatable bonds is 6. The second-order valence-electron chi connectivity index (χ2n) is 10.0. The average molecular weight is 465 g/mol. The number of aryl methyl sites for hydroxylation is 1. The Labute approximate surface area is 202 Å². The standard InChI is InChI=1S/C28H37FN4O/c1-20-18-33(19-21(2)34-20)28-8-4-7-27(22(28)3)32-14-12-31(13-15-32)11-5-6-23-17-30-26-10-9-24(29)16-25(23)26/h4,7-10,16-17,20-21,30H,5-6,11-15,18-19H2,1-3H3. The molecule has 2 aliphatic heterocycles. The number of fused-ring (bicyclic) bond motifs is 1. The molecule has 2 aliphatic rings. The predicted octanol–water partition coefficient (Wildman–Crippen LogP) is 4.98. The molecule has 1 aromatic heterocycles. The van der Waals surface area contributed by atoms with Gasteiger partial charge in [-0.25, -0.2) is 4.39 Å². The molecule has 0 amide bonds. The molecule has 2 unspecified atom stereocenters. The Morgan fingerprint density at radius 2 is 1.68 bits per heavy atom. The second kappa shape index (κ2) is 9.96. The van der Waals surface area contributed by atoms with Gasteiger partial charge in [-0.15, -0.1) is 0 Å². The van der Waals surface area contributed by atoms with Crippen molar-refractivity contribution in [2.45, 2.75) is 45.8 Å². The monoisotopic (exact) mass is 464 g/mol. The zero-order valence-electron chi connectivity index (χ0n) is 20.7. The molecule has 34 heavy (non-hydrogen) atoms. The van der Waals surface area contributed by atoms with E-state index in [2.05, 4.69) is 58.7 Å². The van der Waals surface area contributed by atoms with Crippen LogP contribution in [0.4, 0.5) is 15.8 Å².